The molecule has 16 heavy (non-hydrogen) atoms. The fourth-order valence-electron chi connectivity index (χ4n) is 1.85. The molecule has 1 aliphatic carbocycles. The highest BCUT2D eigenvalue weighted by Gasteiger charge is 2.27. The third-order valence-electron chi connectivity index (χ3n) is 2.75. The van der Waals surface area contributed by atoms with Crippen molar-refractivity contribution in [3.8, 4) is 0 Å². The Morgan fingerprint density at radius 1 is 1.50 bits per heavy atom. The van der Waals surface area contributed by atoms with Gasteiger partial charge in [-0.15, -0.1) is 0 Å². The molecule has 0 fully saturated rings. The average molecular weight is 222 g/mol. The van der Waals surface area contributed by atoms with Gasteiger partial charge in [-0.1, -0.05) is 6.07 Å². The van der Waals surface area contributed by atoms with Gasteiger partial charge in [0.15, 0.2) is 12.0 Å². The first-order valence-corrected chi connectivity index (χ1v) is 5.03. The molecule has 0 heterocycles. The van der Waals surface area contributed by atoms with Crippen molar-refractivity contribution in [2.45, 2.75) is 19.0 Å². The van der Waals surface area contributed by atoms with E-state index in [4.69, 9.17) is 0 Å². The van der Waals surface area contributed by atoms with E-state index in [9.17, 15) is 14.0 Å². The van der Waals surface area contributed by atoms with Crippen molar-refractivity contribution < 1.29 is 18.7 Å². The Kier molecular flexibility index (Phi) is 2.73. The molecule has 0 saturated carbocycles. The molecule has 0 amide bonds. The summed E-state index contributed by atoms with van der Waals surface area (Å²) in [6.07, 6.45) is -0.687. The van der Waals surface area contributed by atoms with E-state index in [1.807, 2.05) is 0 Å². The standard InChI is InChI=1S/C12H11FO3/c1-16-12(15)8-3-2-7-4-5-10(13)11(14)9(7)6-8/h2-3,6,10H,4-5H2,1H3. The molecule has 1 aromatic carbocycles. The maximum Gasteiger partial charge on any atom is 0.337 e. The van der Waals surface area contributed by atoms with E-state index in [0.717, 1.165) is 5.56 Å². The van der Waals surface area contributed by atoms with E-state index >= 15 is 0 Å². The minimum atomic E-state index is -1.44. The number of carbonyl (C=O) groups is 2. The van der Waals surface area contributed by atoms with E-state index in [0.29, 0.717) is 12.0 Å². The number of methoxy groups -OCH3 is 1. The Balaban J connectivity index is 2.44. The molecule has 0 N–H and O–H groups in total. The normalized spacial score (nSPS) is 19.1. The number of Topliss-reactive ketones (excluding diaryl/α,β-unsaturated/α-hetero) is 1. The number of ether oxygens (including phenoxy) is 1. The Hall–Kier alpha value is -1.71. The van der Waals surface area contributed by atoms with Crippen LogP contribution in [0.25, 0.3) is 0 Å². The molecule has 0 bridgehead atoms. The van der Waals surface area contributed by atoms with Crippen molar-refractivity contribution in [2.75, 3.05) is 7.11 Å². The van der Waals surface area contributed by atoms with Gasteiger partial charge >= 0.3 is 5.97 Å². The molecule has 0 radical (unpaired) electrons. The van der Waals surface area contributed by atoms with Crippen LogP contribution in [0.5, 0.6) is 0 Å². The summed E-state index contributed by atoms with van der Waals surface area (Å²) in [5.74, 6) is -1.05. The molecule has 0 aromatic heterocycles. The molecule has 1 atom stereocenters. The molecular formula is C12H11FO3. The number of hydrogen-bond donors (Lipinski definition) is 0. The van der Waals surface area contributed by atoms with Crippen molar-refractivity contribution in [3.63, 3.8) is 0 Å². The van der Waals surface area contributed by atoms with Crippen molar-refractivity contribution in [2.24, 2.45) is 0 Å². The summed E-state index contributed by atoms with van der Waals surface area (Å²) >= 11 is 0. The van der Waals surface area contributed by atoms with Gasteiger partial charge in [-0.3, -0.25) is 4.79 Å². The lowest BCUT2D eigenvalue weighted by Gasteiger charge is -2.18. The number of halogens is 1. The van der Waals surface area contributed by atoms with E-state index in [-0.39, 0.29) is 12.0 Å². The molecule has 4 heteroatoms. The van der Waals surface area contributed by atoms with E-state index < -0.39 is 17.9 Å². The fourth-order valence-corrected chi connectivity index (χ4v) is 1.85. The van der Waals surface area contributed by atoms with Crippen molar-refractivity contribution in [1.82, 2.24) is 0 Å². The van der Waals surface area contributed by atoms with Crippen LogP contribution in [0.15, 0.2) is 18.2 Å². The highest BCUT2D eigenvalue weighted by molar-refractivity contribution is 6.03. The summed E-state index contributed by atoms with van der Waals surface area (Å²) in [6, 6.07) is 4.69. The maximum atomic E-state index is 13.2. The molecule has 2 rings (SSSR count). The number of fused-ring (bicyclic) bond motifs is 1. The molecule has 0 spiro atoms. The predicted octanol–water partition coefficient (Wildman–Crippen LogP) is 1.94. The van der Waals surface area contributed by atoms with Crippen LogP contribution in [-0.2, 0) is 11.2 Å². The summed E-state index contributed by atoms with van der Waals surface area (Å²) < 4.78 is 17.8. The van der Waals surface area contributed by atoms with Crippen molar-refractivity contribution >= 4 is 11.8 Å². The van der Waals surface area contributed by atoms with Gasteiger partial charge < -0.3 is 4.74 Å². The number of benzene rings is 1. The van der Waals surface area contributed by atoms with Crippen LogP contribution in [-0.4, -0.2) is 25.0 Å². The van der Waals surface area contributed by atoms with Crippen LogP contribution in [0.1, 0.15) is 32.7 Å². The SMILES string of the molecule is COC(=O)c1ccc2c(c1)C(=O)C(F)CC2. The van der Waals surface area contributed by atoms with Crippen LogP contribution in [0.4, 0.5) is 4.39 Å². The van der Waals surface area contributed by atoms with Gasteiger partial charge in [0.2, 0.25) is 0 Å². The highest BCUT2D eigenvalue weighted by Crippen LogP contribution is 2.24. The van der Waals surface area contributed by atoms with Crippen molar-refractivity contribution in [3.05, 3.63) is 34.9 Å². The minimum Gasteiger partial charge on any atom is -0.465 e. The van der Waals surface area contributed by atoms with Gasteiger partial charge in [-0.05, 0) is 30.5 Å². The summed E-state index contributed by atoms with van der Waals surface area (Å²) in [5.41, 5.74) is 1.39. The second-order valence-corrected chi connectivity index (χ2v) is 3.73. The summed E-state index contributed by atoms with van der Waals surface area (Å²) in [6.45, 7) is 0. The molecule has 84 valence electrons. The number of aryl methyl sites for hydroxylation is 1. The zero-order valence-corrected chi connectivity index (χ0v) is 8.83. The third-order valence-corrected chi connectivity index (χ3v) is 2.75. The Labute approximate surface area is 92.2 Å². The molecule has 0 saturated heterocycles. The average Bonchev–Trinajstić information content (AvgIpc) is 2.32. The van der Waals surface area contributed by atoms with Gasteiger partial charge in [0, 0.05) is 5.56 Å². The third kappa shape index (κ3) is 1.71. The predicted molar refractivity (Wildman–Crippen MR) is 55.3 cm³/mol. The zero-order chi connectivity index (χ0) is 11.7. The summed E-state index contributed by atoms with van der Waals surface area (Å²) in [7, 11) is 1.27. The lowest BCUT2D eigenvalue weighted by Crippen LogP contribution is -2.24. The number of hydrogen-bond acceptors (Lipinski definition) is 3. The number of ketones is 1. The Morgan fingerprint density at radius 2 is 2.25 bits per heavy atom. The Morgan fingerprint density at radius 3 is 2.94 bits per heavy atom. The monoisotopic (exact) mass is 222 g/mol. The lowest BCUT2D eigenvalue weighted by atomic mass is 9.88. The van der Waals surface area contributed by atoms with Crippen LogP contribution < -0.4 is 0 Å². The quantitative estimate of drug-likeness (QED) is 0.682. The van der Waals surface area contributed by atoms with Gasteiger partial charge in [-0.25, -0.2) is 9.18 Å². The summed E-state index contributed by atoms with van der Waals surface area (Å²) in [4.78, 5) is 22.8. The number of esters is 1. The molecule has 1 aromatic rings. The maximum absolute atomic E-state index is 13.2. The summed E-state index contributed by atoms with van der Waals surface area (Å²) in [5, 5.41) is 0. The van der Waals surface area contributed by atoms with Gasteiger partial charge in [0.25, 0.3) is 0 Å². The topological polar surface area (TPSA) is 43.4 Å². The van der Waals surface area contributed by atoms with E-state index in [1.54, 1.807) is 12.1 Å². The van der Waals surface area contributed by atoms with Crippen LogP contribution in [0.2, 0.25) is 0 Å². The second kappa shape index (κ2) is 4.04. The van der Waals surface area contributed by atoms with E-state index in [1.165, 1.54) is 13.2 Å². The fraction of sp³-hybridized carbons (Fsp3) is 0.333. The van der Waals surface area contributed by atoms with Gasteiger partial charge in [-0.2, -0.15) is 0 Å². The molecule has 1 unspecified atom stereocenters. The first-order chi connectivity index (χ1) is 7.63. The lowest BCUT2D eigenvalue weighted by molar-refractivity contribution is 0.0600. The molecular weight excluding hydrogens is 211 g/mol. The van der Waals surface area contributed by atoms with Crippen LogP contribution in [0, 0.1) is 0 Å². The number of carbonyl (C=O) groups excluding carboxylic acids is 2. The van der Waals surface area contributed by atoms with Crippen LogP contribution >= 0.6 is 0 Å². The minimum absolute atomic E-state index is 0.226. The largest absolute Gasteiger partial charge is 0.465 e. The molecule has 3 nitrogen and oxygen atoms in total. The first-order valence-electron chi connectivity index (χ1n) is 5.03. The van der Waals surface area contributed by atoms with E-state index in [2.05, 4.69) is 4.74 Å². The molecule has 0 aliphatic heterocycles. The van der Waals surface area contributed by atoms with Gasteiger partial charge in [0.05, 0.1) is 12.7 Å². The van der Waals surface area contributed by atoms with Crippen molar-refractivity contribution in [1.29, 1.82) is 0 Å². The second-order valence-electron chi connectivity index (χ2n) is 3.73. The Bertz CT molecular complexity index is 454. The van der Waals surface area contributed by atoms with Crippen LogP contribution in [0.3, 0.4) is 0 Å². The molecule has 1 aliphatic rings. The van der Waals surface area contributed by atoms with Gasteiger partial charge in [0.1, 0.15) is 0 Å². The zero-order valence-electron chi connectivity index (χ0n) is 8.83. The number of alkyl halides is 1. The first kappa shape index (κ1) is 10.8. The number of rotatable bonds is 1. The smallest absolute Gasteiger partial charge is 0.337 e. The highest BCUT2D eigenvalue weighted by atomic mass is 19.1.